The average molecular weight is 369 g/mol. The maximum atomic E-state index is 14.3. The number of hydrogen-bond donors (Lipinski definition) is 1. The van der Waals surface area contributed by atoms with Gasteiger partial charge in [0.2, 0.25) is 0 Å². The molecular formula is C26H24FN. The Hall–Kier alpha value is -3.26. The Morgan fingerprint density at radius 3 is 2.11 bits per heavy atom. The van der Waals surface area contributed by atoms with Crippen molar-refractivity contribution in [2.45, 2.75) is 20.3 Å². The van der Waals surface area contributed by atoms with Gasteiger partial charge < -0.3 is 5.41 Å². The lowest BCUT2D eigenvalue weighted by molar-refractivity contribution is 0.624. The summed E-state index contributed by atoms with van der Waals surface area (Å²) in [5.74, 6) is -0.292. The summed E-state index contributed by atoms with van der Waals surface area (Å²) in [5, 5.41) is 8.73. The van der Waals surface area contributed by atoms with Crippen molar-refractivity contribution in [2.24, 2.45) is 0 Å². The zero-order chi connectivity index (χ0) is 20.1. The number of nitrogens with one attached hydrogen (secondary N) is 1. The summed E-state index contributed by atoms with van der Waals surface area (Å²) < 4.78 is 14.3. The SMILES string of the molecule is C=C(c1ccccc1F)c1ccccc1/C(=C\C)C(=N)Cc1ccccc1C. The molecule has 140 valence electrons. The van der Waals surface area contributed by atoms with E-state index < -0.39 is 0 Å². The predicted octanol–water partition coefficient (Wildman–Crippen LogP) is 6.86. The van der Waals surface area contributed by atoms with Gasteiger partial charge in [-0.1, -0.05) is 79.4 Å². The average Bonchev–Trinajstić information content (AvgIpc) is 2.70. The Morgan fingerprint density at radius 1 is 0.893 bits per heavy atom. The van der Waals surface area contributed by atoms with Crippen LogP contribution in [0.15, 0.2) is 85.5 Å². The summed E-state index contributed by atoms with van der Waals surface area (Å²) in [7, 11) is 0. The summed E-state index contributed by atoms with van der Waals surface area (Å²) in [6.45, 7) is 8.15. The number of benzene rings is 3. The van der Waals surface area contributed by atoms with Gasteiger partial charge in [0.1, 0.15) is 5.82 Å². The standard InChI is InChI=1S/C26H24FN/c1-4-21(26(28)17-20-12-6-5-11-18(20)2)24-15-8-7-13-22(24)19(3)23-14-9-10-16-25(23)27/h4-16,28H,3,17H2,1-2H3/b21-4+,28-26?. The molecule has 0 aliphatic rings. The second kappa shape index (κ2) is 8.62. The molecule has 0 saturated carbocycles. The highest BCUT2D eigenvalue weighted by Gasteiger charge is 2.16. The molecule has 0 fully saturated rings. The van der Waals surface area contributed by atoms with Crippen molar-refractivity contribution in [2.75, 3.05) is 0 Å². The van der Waals surface area contributed by atoms with Crippen LogP contribution in [0.25, 0.3) is 11.1 Å². The molecule has 0 saturated heterocycles. The van der Waals surface area contributed by atoms with Gasteiger partial charge in [-0.2, -0.15) is 0 Å². The van der Waals surface area contributed by atoms with Crippen molar-refractivity contribution >= 4 is 16.9 Å². The second-order valence-electron chi connectivity index (χ2n) is 6.79. The van der Waals surface area contributed by atoms with Crippen molar-refractivity contribution in [1.29, 1.82) is 5.41 Å². The lowest BCUT2D eigenvalue weighted by Crippen LogP contribution is -2.08. The van der Waals surface area contributed by atoms with E-state index in [0.717, 1.165) is 22.3 Å². The first-order valence-electron chi connectivity index (χ1n) is 9.35. The molecule has 2 heteroatoms. The molecular weight excluding hydrogens is 345 g/mol. The predicted molar refractivity (Wildman–Crippen MR) is 117 cm³/mol. The van der Waals surface area contributed by atoms with E-state index in [2.05, 4.69) is 25.6 Å². The fourth-order valence-electron chi connectivity index (χ4n) is 3.42. The van der Waals surface area contributed by atoms with E-state index in [-0.39, 0.29) is 5.82 Å². The van der Waals surface area contributed by atoms with Crippen LogP contribution in [-0.2, 0) is 6.42 Å². The van der Waals surface area contributed by atoms with Crippen molar-refractivity contribution in [3.8, 4) is 0 Å². The number of allylic oxidation sites excluding steroid dienone is 2. The first-order chi connectivity index (χ1) is 13.5. The van der Waals surface area contributed by atoms with Crippen molar-refractivity contribution in [1.82, 2.24) is 0 Å². The van der Waals surface area contributed by atoms with Crippen LogP contribution in [0.5, 0.6) is 0 Å². The third-order valence-electron chi connectivity index (χ3n) is 4.98. The second-order valence-corrected chi connectivity index (χ2v) is 6.79. The smallest absolute Gasteiger partial charge is 0.131 e. The molecule has 0 aromatic heterocycles. The van der Waals surface area contributed by atoms with Gasteiger partial charge in [-0.15, -0.1) is 0 Å². The van der Waals surface area contributed by atoms with E-state index >= 15 is 0 Å². The molecule has 0 spiro atoms. The zero-order valence-electron chi connectivity index (χ0n) is 16.3. The quantitative estimate of drug-likeness (QED) is 0.459. The van der Waals surface area contributed by atoms with E-state index in [1.807, 2.05) is 55.5 Å². The van der Waals surface area contributed by atoms with Gasteiger partial charge in [0.15, 0.2) is 0 Å². The van der Waals surface area contributed by atoms with E-state index in [9.17, 15) is 4.39 Å². The molecule has 0 aliphatic carbocycles. The minimum atomic E-state index is -0.292. The molecule has 1 nitrogen and oxygen atoms in total. The molecule has 3 aromatic carbocycles. The topological polar surface area (TPSA) is 23.9 Å². The third kappa shape index (κ3) is 4.01. The third-order valence-corrected chi connectivity index (χ3v) is 4.98. The summed E-state index contributed by atoms with van der Waals surface area (Å²) in [6, 6.07) is 22.6. The summed E-state index contributed by atoms with van der Waals surface area (Å²) in [5.41, 5.74) is 6.53. The molecule has 1 N–H and O–H groups in total. The van der Waals surface area contributed by atoms with Crippen LogP contribution < -0.4 is 0 Å². The minimum Gasteiger partial charge on any atom is -0.304 e. The van der Waals surface area contributed by atoms with Gasteiger partial charge in [0.25, 0.3) is 0 Å². The first kappa shape index (κ1) is 19.5. The van der Waals surface area contributed by atoms with Crippen molar-refractivity contribution < 1.29 is 4.39 Å². The number of aryl methyl sites for hydroxylation is 1. The van der Waals surface area contributed by atoms with Crippen molar-refractivity contribution in [3.05, 3.63) is 119 Å². The number of rotatable bonds is 6. The highest BCUT2D eigenvalue weighted by Crippen LogP contribution is 2.31. The van der Waals surface area contributed by atoms with Gasteiger partial charge in [-0.05, 0) is 53.3 Å². The Bertz CT molecular complexity index is 1060. The van der Waals surface area contributed by atoms with Crippen LogP contribution in [0.4, 0.5) is 4.39 Å². The van der Waals surface area contributed by atoms with Gasteiger partial charge in [0.05, 0.1) is 0 Å². The van der Waals surface area contributed by atoms with Gasteiger partial charge >= 0.3 is 0 Å². The van der Waals surface area contributed by atoms with Crippen LogP contribution in [0, 0.1) is 18.2 Å². The summed E-state index contributed by atoms with van der Waals surface area (Å²) in [4.78, 5) is 0. The molecule has 0 atom stereocenters. The lowest BCUT2D eigenvalue weighted by Gasteiger charge is -2.17. The lowest BCUT2D eigenvalue weighted by atomic mass is 9.87. The first-order valence-corrected chi connectivity index (χ1v) is 9.35. The summed E-state index contributed by atoms with van der Waals surface area (Å²) in [6.07, 6.45) is 2.50. The van der Waals surface area contributed by atoms with E-state index in [4.69, 9.17) is 5.41 Å². The van der Waals surface area contributed by atoms with Crippen LogP contribution in [0.3, 0.4) is 0 Å². The van der Waals surface area contributed by atoms with Crippen molar-refractivity contribution in [3.63, 3.8) is 0 Å². The molecule has 0 radical (unpaired) electrons. The Morgan fingerprint density at radius 2 is 1.46 bits per heavy atom. The van der Waals surface area contributed by atoms with E-state index in [1.165, 1.54) is 11.6 Å². The van der Waals surface area contributed by atoms with Crippen LogP contribution >= 0.6 is 0 Å². The maximum absolute atomic E-state index is 14.3. The Kier molecular flexibility index (Phi) is 6.00. The van der Waals surface area contributed by atoms with Crippen LogP contribution in [-0.4, -0.2) is 5.71 Å². The van der Waals surface area contributed by atoms with Gasteiger partial charge in [-0.25, -0.2) is 4.39 Å². The zero-order valence-corrected chi connectivity index (χ0v) is 16.3. The van der Waals surface area contributed by atoms with E-state index in [0.29, 0.717) is 23.3 Å². The number of halogens is 1. The Balaban J connectivity index is 1.99. The highest BCUT2D eigenvalue weighted by atomic mass is 19.1. The molecule has 0 bridgehead atoms. The monoisotopic (exact) mass is 369 g/mol. The van der Waals surface area contributed by atoms with Crippen LogP contribution in [0.2, 0.25) is 0 Å². The van der Waals surface area contributed by atoms with Gasteiger partial charge in [-0.3, -0.25) is 0 Å². The number of hydrogen-bond acceptors (Lipinski definition) is 1. The van der Waals surface area contributed by atoms with Crippen LogP contribution in [0.1, 0.15) is 34.7 Å². The van der Waals surface area contributed by atoms with E-state index in [1.54, 1.807) is 12.1 Å². The fourth-order valence-corrected chi connectivity index (χ4v) is 3.42. The molecule has 28 heavy (non-hydrogen) atoms. The summed E-state index contributed by atoms with van der Waals surface area (Å²) >= 11 is 0. The normalized spacial score (nSPS) is 11.3. The highest BCUT2D eigenvalue weighted by molar-refractivity contribution is 6.24. The fraction of sp³-hybridized carbons (Fsp3) is 0.115. The largest absolute Gasteiger partial charge is 0.304 e. The molecule has 0 heterocycles. The van der Waals surface area contributed by atoms with Gasteiger partial charge in [0, 0.05) is 17.7 Å². The molecule has 3 aromatic rings. The minimum absolute atomic E-state index is 0.292. The molecule has 0 amide bonds. The molecule has 0 aliphatic heterocycles. The Labute approximate surface area is 166 Å². The molecule has 3 rings (SSSR count). The molecule has 0 unspecified atom stereocenters. The maximum Gasteiger partial charge on any atom is 0.131 e.